The molecule has 1 saturated heterocycles. The summed E-state index contributed by atoms with van der Waals surface area (Å²) in [7, 11) is 0. The Hall–Kier alpha value is -3.43. The zero-order valence-corrected chi connectivity index (χ0v) is 18.6. The second kappa shape index (κ2) is 9.80. The monoisotopic (exact) mass is 443 g/mol. The summed E-state index contributed by atoms with van der Waals surface area (Å²) in [6.45, 7) is 6.35. The van der Waals surface area contributed by atoms with Crippen LogP contribution in [0.2, 0.25) is 0 Å². The highest BCUT2D eigenvalue weighted by molar-refractivity contribution is 5.86. The van der Waals surface area contributed by atoms with Crippen molar-refractivity contribution < 1.29 is 13.9 Å². The van der Waals surface area contributed by atoms with Gasteiger partial charge in [0.25, 0.3) is 0 Å². The topological polar surface area (TPSA) is 129 Å². The first kappa shape index (κ1) is 23.2. The Kier molecular flexibility index (Phi) is 7.12. The van der Waals surface area contributed by atoms with Crippen LogP contribution in [0.25, 0.3) is 0 Å². The van der Waals surface area contributed by atoms with Crippen molar-refractivity contribution in [3.05, 3.63) is 35.8 Å². The number of nitrogens with two attached hydrogens (primary N) is 1. The Morgan fingerprint density at radius 2 is 2.19 bits per heavy atom. The molecule has 0 aliphatic carbocycles. The third kappa shape index (κ3) is 6.05. The minimum absolute atomic E-state index is 0.115. The molecular weight excluding hydrogens is 413 g/mol. The van der Waals surface area contributed by atoms with Crippen LogP contribution < -0.4 is 21.3 Å². The molecule has 1 atom stereocenters. The standard InChI is InChI=1S/C22H30FN7O2/c1-22(2,3)32-21(31)27-12-16-6-4-5-9-30(16)19-17(23)13-26-20(29-19)28-15-8-7-14(11-24)18(25)10-15/h7-8,10-11,13,16,24H,4-6,9,12,25H2,1-3H3,(H,27,31)(H,26,28,29). The van der Waals surface area contributed by atoms with Gasteiger partial charge in [0.15, 0.2) is 11.6 Å². The van der Waals surface area contributed by atoms with Crippen molar-refractivity contribution in [1.82, 2.24) is 15.3 Å². The number of piperidine rings is 1. The maximum absolute atomic E-state index is 14.7. The number of alkyl carbamates (subject to hydrolysis) is 1. The lowest BCUT2D eigenvalue weighted by molar-refractivity contribution is 0.0523. The summed E-state index contributed by atoms with van der Waals surface area (Å²) in [6.07, 6.45) is 4.48. The number of rotatable bonds is 6. The molecule has 32 heavy (non-hydrogen) atoms. The predicted octanol–water partition coefficient (Wildman–Crippen LogP) is 3.82. The summed E-state index contributed by atoms with van der Waals surface area (Å²) in [5.41, 5.74) is 7.01. The summed E-state index contributed by atoms with van der Waals surface area (Å²) in [4.78, 5) is 22.4. The van der Waals surface area contributed by atoms with Gasteiger partial charge in [0.2, 0.25) is 5.95 Å². The van der Waals surface area contributed by atoms with E-state index in [4.69, 9.17) is 15.9 Å². The van der Waals surface area contributed by atoms with E-state index in [0.29, 0.717) is 30.0 Å². The molecular formula is C22H30FN7O2. The molecule has 0 spiro atoms. The van der Waals surface area contributed by atoms with E-state index in [2.05, 4.69) is 20.6 Å². The minimum atomic E-state index is -0.587. The van der Waals surface area contributed by atoms with E-state index < -0.39 is 17.5 Å². The molecule has 0 saturated carbocycles. The molecule has 10 heteroatoms. The quantitative estimate of drug-likeness (QED) is 0.394. The van der Waals surface area contributed by atoms with Crippen molar-refractivity contribution >= 4 is 35.4 Å². The number of hydrogen-bond acceptors (Lipinski definition) is 8. The van der Waals surface area contributed by atoms with Gasteiger partial charge in [0.1, 0.15) is 5.60 Å². The van der Waals surface area contributed by atoms with Crippen LogP contribution in [0.4, 0.5) is 32.3 Å². The molecule has 0 bridgehead atoms. The van der Waals surface area contributed by atoms with Crippen LogP contribution in [0.3, 0.4) is 0 Å². The number of nitrogens with one attached hydrogen (secondary N) is 3. The van der Waals surface area contributed by atoms with Gasteiger partial charge >= 0.3 is 6.09 Å². The molecule has 172 valence electrons. The summed E-state index contributed by atoms with van der Waals surface area (Å²) < 4.78 is 20.0. The molecule has 9 nitrogen and oxygen atoms in total. The summed E-state index contributed by atoms with van der Waals surface area (Å²) >= 11 is 0. The largest absolute Gasteiger partial charge is 0.444 e. The van der Waals surface area contributed by atoms with E-state index in [1.807, 2.05) is 4.90 Å². The van der Waals surface area contributed by atoms with E-state index in [0.717, 1.165) is 25.5 Å². The lowest BCUT2D eigenvalue weighted by Gasteiger charge is -2.37. The van der Waals surface area contributed by atoms with Crippen LogP contribution in [0.5, 0.6) is 0 Å². The van der Waals surface area contributed by atoms with Crippen molar-refractivity contribution in [3.63, 3.8) is 0 Å². The molecule has 5 N–H and O–H groups in total. The van der Waals surface area contributed by atoms with Gasteiger partial charge in [-0.1, -0.05) is 0 Å². The fourth-order valence-corrected chi connectivity index (χ4v) is 3.54. The molecule has 1 aliphatic heterocycles. The number of ether oxygens (including phenoxy) is 1. The Morgan fingerprint density at radius 1 is 1.41 bits per heavy atom. The normalized spacial score (nSPS) is 16.4. The van der Waals surface area contributed by atoms with Gasteiger partial charge in [0.05, 0.1) is 6.20 Å². The molecule has 2 aromatic rings. The second-order valence-corrected chi connectivity index (χ2v) is 8.70. The van der Waals surface area contributed by atoms with E-state index >= 15 is 0 Å². The number of carbonyl (C=O) groups is 1. The summed E-state index contributed by atoms with van der Waals surface area (Å²) in [6, 6.07) is 5.01. The van der Waals surface area contributed by atoms with Crippen LogP contribution in [-0.4, -0.2) is 47.0 Å². The van der Waals surface area contributed by atoms with Crippen molar-refractivity contribution in [2.45, 2.75) is 51.7 Å². The van der Waals surface area contributed by atoms with Gasteiger partial charge in [-0.05, 0) is 58.2 Å². The molecule has 1 fully saturated rings. The fraction of sp³-hybridized carbons (Fsp3) is 0.455. The first-order valence-electron chi connectivity index (χ1n) is 10.6. The zero-order valence-electron chi connectivity index (χ0n) is 18.6. The Labute approximate surface area is 187 Å². The van der Waals surface area contributed by atoms with Gasteiger partial charge in [-0.2, -0.15) is 4.98 Å². The number of carbonyl (C=O) groups excluding carboxylic acids is 1. The van der Waals surface area contributed by atoms with Gasteiger partial charge in [-0.25, -0.2) is 14.2 Å². The van der Waals surface area contributed by atoms with Gasteiger partial charge in [0, 0.05) is 42.3 Å². The molecule has 0 radical (unpaired) electrons. The number of halogens is 1. The van der Waals surface area contributed by atoms with E-state index in [1.54, 1.807) is 39.0 Å². The van der Waals surface area contributed by atoms with E-state index in [-0.39, 0.29) is 17.8 Å². The number of benzene rings is 1. The van der Waals surface area contributed by atoms with Gasteiger partial charge < -0.3 is 31.4 Å². The highest BCUT2D eigenvalue weighted by atomic mass is 19.1. The van der Waals surface area contributed by atoms with E-state index in [1.165, 1.54) is 6.21 Å². The zero-order chi connectivity index (χ0) is 23.3. The molecule has 1 aromatic carbocycles. The lowest BCUT2D eigenvalue weighted by Crippen LogP contribution is -2.48. The third-order valence-corrected chi connectivity index (χ3v) is 5.00. The maximum Gasteiger partial charge on any atom is 0.407 e. The number of nitrogens with zero attached hydrogens (tertiary/aromatic N) is 3. The van der Waals surface area contributed by atoms with E-state index in [9.17, 15) is 9.18 Å². The Morgan fingerprint density at radius 3 is 2.88 bits per heavy atom. The Balaban J connectivity index is 1.75. The number of anilines is 4. The first-order chi connectivity index (χ1) is 15.2. The SMILES string of the molecule is CC(C)(C)OC(=O)NCC1CCCCN1c1nc(Nc2ccc(C=N)c(N)c2)ncc1F. The molecule has 1 amide bonds. The smallest absolute Gasteiger partial charge is 0.407 e. The highest BCUT2D eigenvalue weighted by Gasteiger charge is 2.27. The molecule has 1 aromatic heterocycles. The van der Waals surface area contributed by atoms with Crippen molar-refractivity contribution in [1.29, 1.82) is 5.41 Å². The number of nitrogen functional groups attached to an aromatic ring is 1. The Bertz CT molecular complexity index is 977. The van der Waals surface area contributed by atoms with Crippen LogP contribution >= 0.6 is 0 Å². The van der Waals surface area contributed by atoms with Crippen molar-refractivity contribution in [2.75, 3.05) is 29.0 Å². The highest BCUT2D eigenvalue weighted by Crippen LogP contribution is 2.27. The average molecular weight is 444 g/mol. The predicted molar refractivity (Wildman–Crippen MR) is 123 cm³/mol. The summed E-state index contributed by atoms with van der Waals surface area (Å²) in [5.74, 6) is -0.117. The third-order valence-electron chi connectivity index (χ3n) is 5.00. The molecule has 3 rings (SSSR count). The number of aromatic nitrogens is 2. The molecule has 1 aliphatic rings. The first-order valence-corrected chi connectivity index (χ1v) is 10.6. The van der Waals surface area contributed by atoms with Gasteiger partial charge in [-0.15, -0.1) is 0 Å². The average Bonchev–Trinajstić information content (AvgIpc) is 2.73. The van der Waals surface area contributed by atoms with Crippen LogP contribution in [0, 0.1) is 11.2 Å². The van der Waals surface area contributed by atoms with Crippen LogP contribution in [0.1, 0.15) is 45.6 Å². The minimum Gasteiger partial charge on any atom is -0.444 e. The van der Waals surface area contributed by atoms with Crippen LogP contribution in [0.15, 0.2) is 24.4 Å². The maximum atomic E-state index is 14.7. The fourth-order valence-electron chi connectivity index (χ4n) is 3.54. The summed E-state index contributed by atoms with van der Waals surface area (Å²) in [5, 5.41) is 13.1. The van der Waals surface area contributed by atoms with Crippen LogP contribution in [-0.2, 0) is 4.74 Å². The van der Waals surface area contributed by atoms with Crippen molar-refractivity contribution in [2.24, 2.45) is 0 Å². The lowest BCUT2D eigenvalue weighted by atomic mass is 10.0. The molecule has 2 heterocycles. The second-order valence-electron chi connectivity index (χ2n) is 8.70. The molecule has 1 unspecified atom stereocenters. The van der Waals surface area contributed by atoms with Gasteiger partial charge in [-0.3, -0.25) is 0 Å². The number of amides is 1. The van der Waals surface area contributed by atoms with Crippen molar-refractivity contribution in [3.8, 4) is 0 Å². The number of hydrogen-bond donors (Lipinski definition) is 4.